The third-order valence-corrected chi connectivity index (χ3v) is 5.10. The second-order valence-electron chi connectivity index (χ2n) is 6.67. The number of rotatable bonds is 2. The van der Waals surface area contributed by atoms with Crippen molar-refractivity contribution in [3.63, 3.8) is 0 Å². The van der Waals surface area contributed by atoms with Crippen molar-refractivity contribution in [3.05, 3.63) is 52.6 Å². The predicted octanol–water partition coefficient (Wildman–Crippen LogP) is 3.56. The number of carbonyl (C=O) groups excluding carboxylic acids is 2. The number of hydrogen-bond acceptors (Lipinski definition) is 6. The topological polar surface area (TPSA) is 104 Å². The summed E-state index contributed by atoms with van der Waals surface area (Å²) in [5, 5.41) is 30.3. The van der Waals surface area contributed by atoms with E-state index in [1.807, 2.05) is 0 Å². The summed E-state index contributed by atoms with van der Waals surface area (Å²) in [6, 6.07) is 7.50. The Morgan fingerprint density at radius 3 is 2.15 bits per heavy atom. The molecule has 2 aromatic rings. The van der Waals surface area contributed by atoms with Gasteiger partial charge in [-0.25, -0.2) is 0 Å². The van der Waals surface area contributed by atoms with Crippen LogP contribution in [0.1, 0.15) is 69.7 Å². The lowest BCUT2D eigenvalue weighted by molar-refractivity contribution is -0.0304. The monoisotopic (exact) mass is 354 g/mol. The first-order valence-corrected chi connectivity index (χ1v) is 8.56. The molecule has 2 aromatic carbocycles. The number of phenolic OH excluding ortho intramolecular Hbond substituents is 3. The molecule has 0 saturated heterocycles. The lowest BCUT2D eigenvalue weighted by Crippen LogP contribution is -2.23. The summed E-state index contributed by atoms with van der Waals surface area (Å²) in [6.45, 7) is 0. The highest BCUT2D eigenvalue weighted by Gasteiger charge is 2.36. The van der Waals surface area contributed by atoms with Crippen LogP contribution in [0.4, 0.5) is 0 Å². The number of aromatic hydroxyl groups is 3. The molecule has 0 heterocycles. The summed E-state index contributed by atoms with van der Waals surface area (Å²) >= 11 is 0. The highest BCUT2D eigenvalue weighted by atomic mass is 16.5. The zero-order valence-electron chi connectivity index (χ0n) is 13.9. The molecular formula is C20H18O6. The van der Waals surface area contributed by atoms with Crippen LogP contribution in [-0.2, 0) is 4.74 Å². The molecule has 4 rings (SSSR count). The molecule has 0 radical (unpaired) electrons. The molecule has 0 aliphatic heterocycles. The molecule has 134 valence electrons. The number of benzene rings is 2. The van der Waals surface area contributed by atoms with Crippen molar-refractivity contribution in [1.82, 2.24) is 0 Å². The second-order valence-corrected chi connectivity index (χ2v) is 6.67. The van der Waals surface area contributed by atoms with E-state index in [2.05, 4.69) is 0 Å². The normalized spacial score (nSPS) is 22.0. The van der Waals surface area contributed by atoms with Gasteiger partial charge in [0, 0.05) is 18.4 Å². The summed E-state index contributed by atoms with van der Waals surface area (Å²) in [5.74, 6) is -0.699. The standard InChI is InChI=1S/C20H18O6/c21-11-3-1-2-10-16(8-6-12(22)18(10)11)26-17-9-7-14(24)19-13(23)4-5-15(25)20(17)19/h1-5,16-17,21,23,25H,6-9H2. The van der Waals surface area contributed by atoms with E-state index in [-0.39, 0.29) is 52.8 Å². The number of ether oxygens (including phenoxy) is 1. The minimum absolute atomic E-state index is 0.0690. The van der Waals surface area contributed by atoms with E-state index in [9.17, 15) is 24.9 Å². The lowest BCUT2D eigenvalue weighted by atomic mass is 9.85. The van der Waals surface area contributed by atoms with Gasteiger partial charge in [0.2, 0.25) is 0 Å². The van der Waals surface area contributed by atoms with Crippen LogP contribution in [0.3, 0.4) is 0 Å². The van der Waals surface area contributed by atoms with Crippen molar-refractivity contribution >= 4 is 11.6 Å². The Morgan fingerprint density at radius 2 is 1.38 bits per heavy atom. The van der Waals surface area contributed by atoms with Gasteiger partial charge in [-0.05, 0) is 36.6 Å². The Hall–Kier alpha value is -2.86. The van der Waals surface area contributed by atoms with Crippen molar-refractivity contribution in [2.45, 2.75) is 37.9 Å². The van der Waals surface area contributed by atoms with Gasteiger partial charge in [-0.15, -0.1) is 0 Å². The van der Waals surface area contributed by atoms with Crippen LogP contribution in [0.15, 0.2) is 30.3 Å². The summed E-state index contributed by atoms with van der Waals surface area (Å²) in [7, 11) is 0. The molecule has 6 nitrogen and oxygen atoms in total. The van der Waals surface area contributed by atoms with Gasteiger partial charge in [0.05, 0.1) is 23.3 Å². The molecule has 3 N–H and O–H groups in total. The molecule has 2 aliphatic carbocycles. The maximum absolute atomic E-state index is 12.2. The zero-order chi connectivity index (χ0) is 18.4. The summed E-state index contributed by atoms with van der Waals surface area (Å²) < 4.78 is 6.19. The fourth-order valence-corrected chi connectivity index (χ4v) is 3.90. The number of carbonyl (C=O) groups is 2. The molecule has 0 aromatic heterocycles. The van der Waals surface area contributed by atoms with Crippen LogP contribution >= 0.6 is 0 Å². The van der Waals surface area contributed by atoms with Crippen LogP contribution in [0, 0.1) is 0 Å². The van der Waals surface area contributed by atoms with Crippen molar-refractivity contribution in [3.8, 4) is 17.2 Å². The number of fused-ring (bicyclic) bond motifs is 2. The molecule has 0 bridgehead atoms. The van der Waals surface area contributed by atoms with Crippen molar-refractivity contribution in [2.75, 3.05) is 0 Å². The Bertz CT molecular complexity index is 917. The number of phenols is 3. The summed E-state index contributed by atoms with van der Waals surface area (Å²) in [5.41, 5.74) is 1.28. The highest BCUT2D eigenvalue weighted by molar-refractivity contribution is 6.02. The van der Waals surface area contributed by atoms with Crippen LogP contribution in [0.2, 0.25) is 0 Å². The van der Waals surface area contributed by atoms with Gasteiger partial charge in [0.15, 0.2) is 11.6 Å². The number of ketones is 2. The Balaban J connectivity index is 1.73. The predicted molar refractivity (Wildman–Crippen MR) is 91.6 cm³/mol. The molecule has 0 saturated carbocycles. The van der Waals surface area contributed by atoms with E-state index in [0.717, 1.165) is 0 Å². The molecule has 0 fully saturated rings. The van der Waals surface area contributed by atoms with Gasteiger partial charge in [-0.3, -0.25) is 9.59 Å². The van der Waals surface area contributed by atoms with E-state index in [1.54, 1.807) is 12.1 Å². The zero-order valence-corrected chi connectivity index (χ0v) is 13.9. The SMILES string of the molecule is O=C1CCC(OC2CCC(=O)c3c(O)ccc(O)c32)c2cccc(O)c21. The van der Waals surface area contributed by atoms with Crippen molar-refractivity contribution in [1.29, 1.82) is 0 Å². The smallest absolute Gasteiger partial charge is 0.167 e. The third-order valence-electron chi connectivity index (χ3n) is 5.10. The molecule has 2 aliphatic rings. The Kier molecular flexibility index (Phi) is 3.92. The van der Waals surface area contributed by atoms with E-state index in [4.69, 9.17) is 4.74 Å². The molecule has 26 heavy (non-hydrogen) atoms. The average molecular weight is 354 g/mol. The Labute approximate surface area is 149 Å². The lowest BCUT2D eigenvalue weighted by Gasteiger charge is -2.32. The minimum Gasteiger partial charge on any atom is -0.508 e. The fraction of sp³-hybridized carbons (Fsp3) is 0.300. The summed E-state index contributed by atoms with van der Waals surface area (Å²) in [6.07, 6.45) is 0.258. The molecule has 0 spiro atoms. The number of hydrogen-bond donors (Lipinski definition) is 3. The van der Waals surface area contributed by atoms with E-state index >= 15 is 0 Å². The second kappa shape index (κ2) is 6.14. The van der Waals surface area contributed by atoms with Crippen molar-refractivity contribution in [2.24, 2.45) is 0 Å². The van der Waals surface area contributed by atoms with Crippen LogP contribution < -0.4 is 0 Å². The number of Topliss-reactive ketones (excluding diaryl/α,β-unsaturated/α-hetero) is 2. The minimum atomic E-state index is -0.580. The van der Waals surface area contributed by atoms with E-state index < -0.39 is 12.2 Å². The maximum atomic E-state index is 12.2. The van der Waals surface area contributed by atoms with Crippen LogP contribution in [-0.4, -0.2) is 26.9 Å². The highest BCUT2D eigenvalue weighted by Crippen LogP contribution is 2.46. The third kappa shape index (κ3) is 2.54. The van der Waals surface area contributed by atoms with E-state index in [1.165, 1.54) is 18.2 Å². The van der Waals surface area contributed by atoms with Crippen molar-refractivity contribution < 1.29 is 29.6 Å². The van der Waals surface area contributed by atoms with Gasteiger partial charge in [-0.2, -0.15) is 0 Å². The molecule has 6 heteroatoms. The van der Waals surface area contributed by atoms with Gasteiger partial charge >= 0.3 is 0 Å². The fourth-order valence-electron chi connectivity index (χ4n) is 3.90. The average Bonchev–Trinajstić information content (AvgIpc) is 2.62. The first-order chi connectivity index (χ1) is 12.5. The van der Waals surface area contributed by atoms with Crippen LogP contribution in [0.25, 0.3) is 0 Å². The quantitative estimate of drug-likeness (QED) is 0.713. The van der Waals surface area contributed by atoms with E-state index in [0.29, 0.717) is 24.0 Å². The largest absolute Gasteiger partial charge is 0.508 e. The first kappa shape index (κ1) is 16.6. The molecule has 2 atom stereocenters. The molecule has 2 unspecified atom stereocenters. The maximum Gasteiger partial charge on any atom is 0.167 e. The van der Waals surface area contributed by atoms with Crippen LogP contribution in [0.5, 0.6) is 17.2 Å². The summed E-state index contributed by atoms with van der Waals surface area (Å²) in [4.78, 5) is 24.3. The first-order valence-electron chi connectivity index (χ1n) is 8.56. The molecule has 0 amide bonds. The van der Waals surface area contributed by atoms with Gasteiger partial charge in [-0.1, -0.05) is 12.1 Å². The molecular weight excluding hydrogens is 336 g/mol. The van der Waals surface area contributed by atoms with Gasteiger partial charge in [0.1, 0.15) is 17.2 Å². The van der Waals surface area contributed by atoms with Gasteiger partial charge < -0.3 is 20.1 Å². The van der Waals surface area contributed by atoms with Gasteiger partial charge in [0.25, 0.3) is 0 Å². The Morgan fingerprint density at radius 1 is 0.769 bits per heavy atom.